The van der Waals surface area contributed by atoms with Crippen LogP contribution in [0.3, 0.4) is 0 Å². The third-order valence-corrected chi connectivity index (χ3v) is 3.37. The minimum atomic E-state index is -0.864. The van der Waals surface area contributed by atoms with Crippen molar-refractivity contribution in [2.45, 2.75) is 33.2 Å². The zero-order valence-corrected chi connectivity index (χ0v) is 14.1. The van der Waals surface area contributed by atoms with Crippen molar-refractivity contribution in [1.29, 1.82) is 0 Å². The van der Waals surface area contributed by atoms with Gasteiger partial charge in [-0.3, -0.25) is 29.8 Å². The van der Waals surface area contributed by atoms with Crippen LogP contribution in [0, 0.1) is 26.1 Å². The van der Waals surface area contributed by atoms with Gasteiger partial charge in [0.1, 0.15) is 6.04 Å². The summed E-state index contributed by atoms with van der Waals surface area (Å²) in [5.74, 6) is -1.42. The average Bonchev–Trinajstić information content (AvgIpc) is 2.56. The number of nitrogens with one attached hydrogen (secondary N) is 2. The van der Waals surface area contributed by atoms with Gasteiger partial charge in [-0.2, -0.15) is 0 Å². The molecule has 0 saturated carbocycles. The van der Waals surface area contributed by atoms with Crippen LogP contribution in [-0.4, -0.2) is 34.2 Å². The summed E-state index contributed by atoms with van der Waals surface area (Å²) in [6, 6.07) is 1.77. The Balaban J connectivity index is 3.10. The Morgan fingerprint density at radius 2 is 1.60 bits per heavy atom. The third kappa shape index (κ3) is 5.52. The molecule has 1 aromatic rings. The van der Waals surface area contributed by atoms with Crippen LogP contribution in [0.4, 0.5) is 11.4 Å². The number of carbonyl (C=O) groups excluding carboxylic acids is 2. The first-order chi connectivity index (χ1) is 11.7. The summed E-state index contributed by atoms with van der Waals surface area (Å²) in [4.78, 5) is 44.6. The number of amides is 2. The van der Waals surface area contributed by atoms with E-state index in [2.05, 4.69) is 10.6 Å². The van der Waals surface area contributed by atoms with Gasteiger partial charge in [0.15, 0.2) is 0 Å². The van der Waals surface area contributed by atoms with E-state index in [4.69, 9.17) is 0 Å². The molecule has 10 nitrogen and oxygen atoms in total. The van der Waals surface area contributed by atoms with Gasteiger partial charge in [0.2, 0.25) is 5.91 Å². The van der Waals surface area contributed by atoms with Gasteiger partial charge in [-0.05, 0) is 12.3 Å². The van der Waals surface area contributed by atoms with E-state index in [-0.39, 0.29) is 17.4 Å². The monoisotopic (exact) mass is 352 g/mol. The summed E-state index contributed by atoms with van der Waals surface area (Å²) in [5, 5.41) is 26.9. The predicted octanol–water partition coefficient (Wildman–Crippen LogP) is 1.78. The van der Waals surface area contributed by atoms with E-state index < -0.39 is 33.2 Å². The largest absolute Gasteiger partial charge is 0.354 e. The molecule has 136 valence electrons. The van der Waals surface area contributed by atoms with Crippen molar-refractivity contribution in [3.05, 3.63) is 44.0 Å². The molecular formula is C15H20N4O6. The van der Waals surface area contributed by atoms with Crippen molar-refractivity contribution in [3.63, 3.8) is 0 Å². The van der Waals surface area contributed by atoms with Crippen LogP contribution in [0.1, 0.15) is 37.6 Å². The highest BCUT2D eigenvalue weighted by Gasteiger charge is 2.26. The lowest BCUT2D eigenvalue weighted by Gasteiger charge is -2.21. The maximum absolute atomic E-state index is 12.4. The van der Waals surface area contributed by atoms with Gasteiger partial charge in [-0.15, -0.1) is 0 Å². The quantitative estimate of drug-likeness (QED) is 0.539. The van der Waals surface area contributed by atoms with Gasteiger partial charge in [-0.1, -0.05) is 20.8 Å². The number of rotatable bonds is 8. The highest BCUT2D eigenvalue weighted by molar-refractivity contribution is 5.98. The summed E-state index contributed by atoms with van der Waals surface area (Å²) in [6.07, 6.45) is 0.724. The fourth-order valence-electron chi connectivity index (χ4n) is 2.05. The predicted molar refractivity (Wildman–Crippen MR) is 89.1 cm³/mol. The van der Waals surface area contributed by atoms with E-state index in [0.717, 1.165) is 24.6 Å². The van der Waals surface area contributed by atoms with Crippen molar-refractivity contribution in [2.24, 2.45) is 5.92 Å². The minimum Gasteiger partial charge on any atom is -0.354 e. The molecule has 2 amide bonds. The van der Waals surface area contributed by atoms with Gasteiger partial charge in [0.05, 0.1) is 21.5 Å². The summed E-state index contributed by atoms with van der Waals surface area (Å²) in [5.41, 5.74) is -1.40. The molecule has 0 aliphatic carbocycles. The number of benzene rings is 1. The molecule has 0 spiro atoms. The zero-order chi connectivity index (χ0) is 19.1. The highest BCUT2D eigenvalue weighted by atomic mass is 16.6. The standard InChI is InChI=1S/C15H20N4O6/c1-4-5-16-15(21)13(9(2)3)17-14(20)10-6-11(18(22)23)8-12(7-10)19(24)25/h6-9,13H,4-5H2,1-3H3,(H,16,21)(H,17,20)/t13-/m1/s1. The van der Waals surface area contributed by atoms with Crippen LogP contribution in [0.25, 0.3) is 0 Å². The van der Waals surface area contributed by atoms with Gasteiger partial charge in [0.25, 0.3) is 17.3 Å². The zero-order valence-electron chi connectivity index (χ0n) is 14.1. The number of nitrogens with zero attached hydrogens (tertiary/aromatic N) is 2. The maximum atomic E-state index is 12.4. The Bertz CT molecular complexity index is 656. The lowest BCUT2D eigenvalue weighted by atomic mass is 10.0. The molecule has 0 aromatic heterocycles. The van der Waals surface area contributed by atoms with Gasteiger partial charge in [0, 0.05) is 18.7 Å². The molecular weight excluding hydrogens is 332 g/mol. The first-order valence-corrected chi connectivity index (χ1v) is 7.69. The number of hydrogen-bond donors (Lipinski definition) is 2. The molecule has 0 aliphatic heterocycles. The Labute approximate surface area is 143 Å². The van der Waals surface area contributed by atoms with E-state index in [9.17, 15) is 29.8 Å². The molecule has 1 aromatic carbocycles. The number of hydrogen-bond acceptors (Lipinski definition) is 6. The molecule has 0 aliphatic rings. The number of carbonyl (C=O) groups is 2. The van der Waals surface area contributed by atoms with E-state index >= 15 is 0 Å². The third-order valence-electron chi connectivity index (χ3n) is 3.37. The molecule has 0 radical (unpaired) electrons. The number of nitro groups is 2. The average molecular weight is 352 g/mol. The van der Waals surface area contributed by atoms with Crippen molar-refractivity contribution < 1.29 is 19.4 Å². The fraction of sp³-hybridized carbons (Fsp3) is 0.467. The van der Waals surface area contributed by atoms with Crippen LogP contribution in [0.15, 0.2) is 18.2 Å². The molecule has 0 heterocycles. The lowest BCUT2D eigenvalue weighted by Crippen LogP contribution is -2.49. The van der Waals surface area contributed by atoms with Crippen molar-refractivity contribution >= 4 is 23.2 Å². The highest BCUT2D eigenvalue weighted by Crippen LogP contribution is 2.22. The van der Waals surface area contributed by atoms with Crippen LogP contribution < -0.4 is 10.6 Å². The lowest BCUT2D eigenvalue weighted by molar-refractivity contribution is -0.394. The fourth-order valence-corrected chi connectivity index (χ4v) is 2.05. The number of nitro benzene ring substituents is 2. The molecule has 0 fully saturated rings. The SMILES string of the molecule is CCCNC(=O)[C@H](NC(=O)c1cc([N+](=O)[O-])cc([N+](=O)[O-])c1)C(C)C. The van der Waals surface area contributed by atoms with Crippen molar-refractivity contribution in [2.75, 3.05) is 6.54 Å². The second-order valence-corrected chi connectivity index (χ2v) is 5.74. The van der Waals surface area contributed by atoms with Crippen LogP contribution >= 0.6 is 0 Å². The summed E-state index contributed by atoms with van der Waals surface area (Å²) < 4.78 is 0. The molecule has 0 bridgehead atoms. The maximum Gasteiger partial charge on any atom is 0.277 e. The van der Waals surface area contributed by atoms with Crippen LogP contribution in [-0.2, 0) is 4.79 Å². The second-order valence-electron chi connectivity index (χ2n) is 5.74. The topological polar surface area (TPSA) is 144 Å². The molecule has 25 heavy (non-hydrogen) atoms. The summed E-state index contributed by atoms with van der Waals surface area (Å²) in [6.45, 7) is 5.78. The smallest absolute Gasteiger partial charge is 0.277 e. The second kappa shape index (κ2) is 8.71. The Morgan fingerprint density at radius 3 is 2.00 bits per heavy atom. The van der Waals surface area contributed by atoms with E-state index in [1.165, 1.54) is 0 Å². The van der Waals surface area contributed by atoms with Gasteiger partial charge < -0.3 is 10.6 Å². The van der Waals surface area contributed by atoms with Crippen LogP contribution in [0.5, 0.6) is 0 Å². The molecule has 2 N–H and O–H groups in total. The van der Waals surface area contributed by atoms with Crippen LogP contribution in [0.2, 0.25) is 0 Å². The van der Waals surface area contributed by atoms with E-state index in [1.54, 1.807) is 13.8 Å². The van der Waals surface area contributed by atoms with Crippen molar-refractivity contribution in [3.8, 4) is 0 Å². The molecule has 1 atom stereocenters. The first-order valence-electron chi connectivity index (χ1n) is 7.69. The Morgan fingerprint density at radius 1 is 1.08 bits per heavy atom. The molecule has 10 heteroatoms. The first kappa shape index (κ1) is 20.0. The van der Waals surface area contributed by atoms with E-state index in [1.807, 2.05) is 6.92 Å². The van der Waals surface area contributed by atoms with Gasteiger partial charge >= 0.3 is 0 Å². The number of non-ortho nitro benzene ring substituents is 2. The van der Waals surface area contributed by atoms with E-state index in [0.29, 0.717) is 6.54 Å². The molecule has 0 saturated heterocycles. The molecule has 0 unspecified atom stereocenters. The normalized spacial score (nSPS) is 11.7. The summed E-state index contributed by atoms with van der Waals surface area (Å²) >= 11 is 0. The Kier molecular flexibility index (Phi) is 6.97. The molecule has 1 rings (SSSR count). The Hall–Kier alpha value is -3.04. The van der Waals surface area contributed by atoms with Gasteiger partial charge in [-0.25, -0.2) is 0 Å². The summed E-state index contributed by atoms with van der Waals surface area (Å²) in [7, 11) is 0. The minimum absolute atomic E-state index is 0.241. The van der Waals surface area contributed by atoms with Crippen molar-refractivity contribution in [1.82, 2.24) is 10.6 Å².